The summed E-state index contributed by atoms with van der Waals surface area (Å²) in [6.45, 7) is 0. The van der Waals surface area contributed by atoms with Gasteiger partial charge in [-0.3, -0.25) is 9.79 Å². The van der Waals surface area contributed by atoms with Gasteiger partial charge >= 0.3 is 5.97 Å². The molecule has 1 heterocycles. The Morgan fingerprint density at radius 2 is 1.86 bits per heavy atom. The maximum absolute atomic E-state index is 12.8. The molecule has 4 nitrogen and oxygen atoms in total. The number of carbonyl (C=O) groups excluding carboxylic acids is 1. The topological polar surface area (TPSA) is 58.9 Å². The Hall–Kier alpha value is -2.53. The normalized spacial score (nSPS) is 21.1. The van der Waals surface area contributed by atoms with E-state index in [2.05, 4.69) is 4.99 Å². The third kappa shape index (κ3) is 2.68. The quantitative estimate of drug-likeness (QED) is 0.524. The summed E-state index contributed by atoms with van der Waals surface area (Å²) in [4.78, 5) is 16.0. The van der Waals surface area contributed by atoms with Crippen LogP contribution >= 0.6 is 0 Å². The lowest BCUT2D eigenvalue weighted by molar-refractivity contribution is -0.141. The molecule has 2 atom stereocenters. The van der Waals surface area contributed by atoms with Crippen molar-refractivity contribution >= 4 is 17.9 Å². The van der Waals surface area contributed by atoms with Crippen molar-refractivity contribution in [3.8, 4) is 5.75 Å². The fourth-order valence-electron chi connectivity index (χ4n) is 2.15. The molecule has 0 aromatic heterocycles. The van der Waals surface area contributed by atoms with Gasteiger partial charge < -0.3 is 9.84 Å². The van der Waals surface area contributed by atoms with Crippen molar-refractivity contribution in [3.05, 3.63) is 59.9 Å². The number of fused-ring (bicyclic) bond motifs is 1. The molecule has 0 bridgehead atoms. The molecule has 0 amide bonds. The van der Waals surface area contributed by atoms with E-state index in [1.165, 1.54) is 30.5 Å². The summed E-state index contributed by atoms with van der Waals surface area (Å²) in [6.07, 6.45) is 0.322. The number of aliphatic hydroxyl groups is 1. The van der Waals surface area contributed by atoms with Crippen LogP contribution in [0, 0.1) is 11.7 Å². The first kappa shape index (κ1) is 13.5. The van der Waals surface area contributed by atoms with Crippen LogP contribution < -0.4 is 4.74 Å². The van der Waals surface area contributed by atoms with Crippen molar-refractivity contribution in [2.75, 3.05) is 0 Å². The van der Waals surface area contributed by atoms with Crippen LogP contribution in [0.25, 0.3) is 0 Å². The highest BCUT2D eigenvalue weighted by Crippen LogP contribution is 2.35. The van der Waals surface area contributed by atoms with Crippen LogP contribution in [0.2, 0.25) is 0 Å². The van der Waals surface area contributed by atoms with Gasteiger partial charge in [0, 0.05) is 11.8 Å². The zero-order valence-electron chi connectivity index (χ0n) is 10.9. The standard InChI is InChI=1S/C16H12FNO3/c17-10-5-7-11(8-6-10)18-9-13-15(19)12-3-1-2-4-14(12)21-16(13)20/h1-9,13,15,19H. The van der Waals surface area contributed by atoms with E-state index in [1.54, 1.807) is 24.3 Å². The minimum Gasteiger partial charge on any atom is -0.426 e. The van der Waals surface area contributed by atoms with Crippen LogP contribution in [-0.2, 0) is 4.79 Å². The molecule has 1 aliphatic heterocycles. The maximum atomic E-state index is 12.8. The zero-order valence-corrected chi connectivity index (χ0v) is 10.9. The van der Waals surface area contributed by atoms with E-state index in [9.17, 15) is 14.3 Å². The van der Waals surface area contributed by atoms with Crippen molar-refractivity contribution < 1.29 is 19.0 Å². The van der Waals surface area contributed by atoms with Crippen molar-refractivity contribution in [2.45, 2.75) is 6.10 Å². The second-order valence-corrected chi connectivity index (χ2v) is 4.68. The van der Waals surface area contributed by atoms with E-state index in [4.69, 9.17) is 4.74 Å². The van der Waals surface area contributed by atoms with E-state index >= 15 is 0 Å². The maximum Gasteiger partial charge on any atom is 0.322 e. The molecule has 0 spiro atoms. The monoisotopic (exact) mass is 285 g/mol. The first-order chi connectivity index (χ1) is 10.1. The molecule has 0 saturated heterocycles. The van der Waals surface area contributed by atoms with Crippen molar-refractivity contribution in [3.63, 3.8) is 0 Å². The minimum atomic E-state index is -1.01. The number of rotatable bonds is 2. The molecule has 1 aliphatic rings. The SMILES string of the molecule is O=C1Oc2ccccc2C(O)C1C=Nc1ccc(F)cc1. The minimum absolute atomic E-state index is 0.361. The number of hydrogen-bond acceptors (Lipinski definition) is 4. The number of aliphatic imine (C=N–C) groups is 1. The van der Waals surface area contributed by atoms with E-state index in [0.717, 1.165) is 0 Å². The molecule has 2 aromatic carbocycles. The summed E-state index contributed by atoms with van der Waals surface area (Å²) in [6, 6.07) is 12.3. The summed E-state index contributed by atoms with van der Waals surface area (Å²) in [5.74, 6) is -1.45. The predicted octanol–water partition coefficient (Wildman–Crippen LogP) is 2.80. The Balaban J connectivity index is 1.86. The molecule has 0 fully saturated rings. The molecule has 21 heavy (non-hydrogen) atoms. The van der Waals surface area contributed by atoms with E-state index in [-0.39, 0.29) is 5.82 Å². The van der Waals surface area contributed by atoms with Crippen LogP contribution in [0.1, 0.15) is 11.7 Å². The van der Waals surface area contributed by atoms with Crippen molar-refractivity contribution in [1.82, 2.24) is 0 Å². The van der Waals surface area contributed by atoms with Gasteiger partial charge in [0.15, 0.2) is 0 Å². The van der Waals surface area contributed by atoms with Gasteiger partial charge in [0.1, 0.15) is 23.6 Å². The molecule has 0 saturated carbocycles. The van der Waals surface area contributed by atoms with Crippen LogP contribution in [0.15, 0.2) is 53.5 Å². The first-order valence-electron chi connectivity index (χ1n) is 6.43. The van der Waals surface area contributed by atoms with Gasteiger partial charge in [0.25, 0.3) is 0 Å². The number of aliphatic hydroxyl groups excluding tert-OH is 1. The molecular weight excluding hydrogens is 273 g/mol. The molecule has 0 radical (unpaired) electrons. The number of benzene rings is 2. The van der Waals surface area contributed by atoms with Crippen LogP contribution in [0.4, 0.5) is 10.1 Å². The number of hydrogen-bond donors (Lipinski definition) is 1. The van der Waals surface area contributed by atoms with Crippen LogP contribution in [0.5, 0.6) is 5.75 Å². The van der Waals surface area contributed by atoms with Gasteiger partial charge in [-0.1, -0.05) is 18.2 Å². The largest absolute Gasteiger partial charge is 0.426 e. The van der Waals surface area contributed by atoms with E-state index in [0.29, 0.717) is 17.0 Å². The lowest BCUT2D eigenvalue weighted by atomic mass is 9.93. The number of ether oxygens (including phenoxy) is 1. The Bertz CT molecular complexity index is 697. The second kappa shape index (κ2) is 5.46. The fourth-order valence-corrected chi connectivity index (χ4v) is 2.15. The average molecular weight is 285 g/mol. The summed E-state index contributed by atoms with van der Waals surface area (Å²) >= 11 is 0. The fraction of sp³-hybridized carbons (Fsp3) is 0.125. The second-order valence-electron chi connectivity index (χ2n) is 4.68. The molecule has 0 aliphatic carbocycles. The van der Waals surface area contributed by atoms with Crippen LogP contribution in [-0.4, -0.2) is 17.3 Å². The molecule has 106 valence electrons. The number of nitrogens with zero attached hydrogens (tertiary/aromatic N) is 1. The highest BCUT2D eigenvalue weighted by atomic mass is 19.1. The highest BCUT2D eigenvalue weighted by molar-refractivity contribution is 5.94. The third-order valence-electron chi connectivity index (χ3n) is 3.27. The lowest BCUT2D eigenvalue weighted by Crippen LogP contribution is -2.32. The third-order valence-corrected chi connectivity index (χ3v) is 3.27. The molecule has 5 heteroatoms. The number of carbonyl (C=O) groups is 1. The van der Waals surface area contributed by atoms with Gasteiger partial charge in [-0.15, -0.1) is 0 Å². The molecule has 2 unspecified atom stereocenters. The van der Waals surface area contributed by atoms with Crippen molar-refractivity contribution in [1.29, 1.82) is 0 Å². The number of para-hydroxylation sites is 1. The Morgan fingerprint density at radius 3 is 2.62 bits per heavy atom. The summed E-state index contributed by atoms with van der Waals surface area (Å²) < 4.78 is 18.0. The van der Waals surface area contributed by atoms with Gasteiger partial charge in [-0.05, 0) is 30.3 Å². The summed E-state index contributed by atoms with van der Waals surface area (Å²) in [7, 11) is 0. The Morgan fingerprint density at radius 1 is 1.14 bits per heavy atom. The highest BCUT2D eigenvalue weighted by Gasteiger charge is 2.35. The number of halogens is 1. The molecule has 2 aromatic rings. The molecule has 3 rings (SSSR count). The Kier molecular flexibility index (Phi) is 3.50. The number of esters is 1. The van der Waals surface area contributed by atoms with Crippen molar-refractivity contribution in [2.24, 2.45) is 10.9 Å². The Labute approximate surface area is 120 Å². The zero-order chi connectivity index (χ0) is 14.8. The van der Waals surface area contributed by atoms with E-state index in [1.807, 2.05) is 0 Å². The smallest absolute Gasteiger partial charge is 0.322 e. The van der Waals surface area contributed by atoms with Crippen LogP contribution in [0.3, 0.4) is 0 Å². The van der Waals surface area contributed by atoms with Gasteiger partial charge in [0.05, 0.1) is 5.69 Å². The molecular formula is C16H12FNO3. The first-order valence-corrected chi connectivity index (χ1v) is 6.43. The van der Waals surface area contributed by atoms with Gasteiger partial charge in [-0.25, -0.2) is 4.39 Å². The van der Waals surface area contributed by atoms with Gasteiger partial charge in [-0.2, -0.15) is 0 Å². The summed E-state index contributed by atoms with van der Waals surface area (Å²) in [5, 5.41) is 10.3. The summed E-state index contributed by atoms with van der Waals surface area (Å²) in [5.41, 5.74) is 1.04. The average Bonchev–Trinajstić information content (AvgIpc) is 2.49. The predicted molar refractivity (Wildman–Crippen MR) is 75.1 cm³/mol. The van der Waals surface area contributed by atoms with E-state index < -0.39 is 18.0 Å². The molecule has 1 N–H and O–H groups in total. The lowest BCUT2D eigenvalue weighted by Gasteiger charge is -2.25. The van der Waals surface area contributed by atoms with Gasteiger partial charge in [0.2, 0.25) is 0 Å².